The molecule has 8 heteroatoms. The number of carbonyl (C=O) groups excluding carboxylic acids is 1. The third-order valence-corrected chi connectivity index (χ3v) is 3.38. The van der Waals surface area contributed by atoms with E-state index in [0.29, 0.717) is 38.7 Å². The van der Waals surface area contributed by atoms with Gasteiger partial charge in [0.15, 0.2) is 5.96 Å². The molecule has 0 atom stereocenters. The van der Waals surface area contributed by atoms with Crippen LogP contribution in [-0.4, -0.2) is 58.6 Å². The van der Waals surface area contributed by atoms with Crippen molar-refractivity contribution in [1.82, 2.24) is 14.8 Å². The first-order chi connectivity index (χ1) is 10.8. The Morgan fingerprint density at radius 3 is 2.42 bits per heavy atom. The molecule has 0 aromatic carbocycles. The predicted molar refractivity (Wildman–Crippen MR) is 104 cm³/mol. The van der Waals surface area contributed by atoms with E-state index in [9.17, 15) is 4.79 Å². The van der Waals surface area contributed by atoms with Crippen LogP contribution in [-0.2, 0) is 11.3 Å². The minimum Gasteiger partial charge on any atom is -0.444 e. The number of halogens is 1. The zero-order chi connectivity index (χ0) is 16.9. The van der Waals surface area contributed by atoms with Crippen molar-refractivity contribution in [2.75, 3.05) is 26.2 Å². The molecule has 0 aliphatic carbocycles. The van der Waals surface area contributed by atoms with E-state index in [1.54, 1.807) is 11.1 Å². The van der Waals surface area contributed by atoms with Crippen molar-refractivity contribution in [3.8, 4) is 0 Å². The second kappa shape index (κ2) is 9.05. The van der Waals surface area contributed by atoms with Gasteiger partial charge in [0.05, 0.1) is 12.2 Å². The Morgan fingerprint density at radius 1 is 1.25 bits per heavy atom. The smallest absolute Gasteiger partial charge is 0.410 e. The number of nitrogens with two attached hydrogens (primary N) is 1. The summed E-state index contributed by atoms with van der Waals surface area (Å²) in [7, 11) is 0. The molecule has 7 nitrogen and oxygen atoms in total. The highest BCUT2D eigenvalue weighted by Gasteiger charge is 2.26. The van der Waals surface area contributed by atoms with Crippen LogP contribution in [0.15, 0.2) is 29.4 Å². The van der Waals surface area contributed by atoms with Crippen LogP contribution >= 0.6 is 24.0 Å². The largest absolute Gasteiger partial charge is 0.444 e. The first-order valence-corrected chi connectivity index (χ1v) is 7.78. The summed E-state index contributed by atoms with van der Waals surface area (Å²) in [5, 5.41) is 0. The highest BCUT2D eigenvalue weighted by atomic mass is 127. The summed E-state index contributed by atoms with van der Waals surface area (Å²) in [6.45, 7) is 8.51. The van der Waals surface area contributed by atoms with Crippen LogP contribution in [0.5, 0.6) is 0 Å². The third-order valence-electron chi connectivity index (χ3n) is 3.38. The maximum Gasteiger partial charge on any atom is 0.410 e. The van der Waals surface area contributed by atoms with Gasteiger partial charge in [0.2, 0.25) is 0 Å². The molecule has 1 fully saturated rings. The fourth-order valence-electron chi connectivity index (χ4n) is 2.20. The topological polar surface area (TPSA) is 84.0 Å². The summed E-state index contributed by atoms with van der Waals surface area (Å²) in [4.78, 5) is 24.3. The summed E-state index contributed by atoms with van der Waals surface area (Å²) in [6, 6.07) is 5.71. The quantitative estimate of drug-likeness (QED) is 0.427. The van der Waals surface area contributed by atoms with E-state index >= 15 is 0 Å². The minimum absolute atomic E-state index is 0. The van der Waals surface area contributed by atoms with Gasteiger partial charge in [-0.25, -0.2) is 9.79 Å². The molecule has 2 heterocycles. The Hall–Kier alpha value is -1.58. The van der Waals surface area contributed by atoms with Crippen molar-refractivity contribution >= 4 is 36.0 Å². The van der Waals surface area contributed by atoms with Gasteiger partial charge in [0, 0.05) is 32.4 Å². The van der Waals surface area contributed by atoms with Gasteiger partial charge in [-0.3, -0.25) is 4.98 Å². The lowest BCUT2D eigenvalue weighted by Crippen LogP contribution is -2.53. The van der Waals surface area contributed by atoms with Crippen LogP contribution in [0.3, 0.4) is 0 Å². The molecule has 24 heavy (non-hydrogen) atoms. The van der Waals surface area contributed by atoms with E-state index in [0.717, 1.165) is 5.69 Å². The molecule has 1 aromatic heterocycles. The number of aliphatic imine (C=N–C) groups is 1. The summed E-state index contributed by atoms with van der Waals surface area (Å²) in [6.07, 6.45) is 1.46. The van der Waals surface area contributed by atoms with Gasteiger partial charge in [0.25, 0.3) is 0 Å². The van der Waals surface area contributed by atoms with Gasteiger partial charge in [0.1, 0.15) is 5.60 Å². The van der Waals surface area contributed by atoms with E-state index < -0.39 is 5.60 Å². The molecular formula is C16H26IN5O2. The average molecular weight is 447 g/mol. The van der Waals surface area contributed by atoms with Gasteiger partial charge in [-0.1, -0.05) is 6.07 Å². The molecule has 0 unspecified atom stereocenters. The summed E-state index contributed by atoms with van der Waals surface area (Å²) in [5.41, 5.74) is 6.44. The first-order valence-electron chi connectivity index (χ1n) is 7.78. The number of nitrogens with zero attached hydrogens (tertiary/aromatic N) is 4. The summed E-state index contributed by atoms with van der Waals surface area (Å²) >= 11 is 0. The van der Waals surface area contributed by atoms with Crippen molar-refractivity contribution in [3.05, 3.63) is 30.1 Å². The van der Waals surface area contributed by atoms with Gasteiger partial charge in [-0.15, -0.1) is 24.0 Å². The number of amides is 1. The van der Waals surface area contributed by atoms with Gasteiger partial charge in [-0.05, 0) is 32.9 Å². The Balaban J connectivity index is 0.00000288. The highest BCUT2D eigenvalue weighted by molar-refractivity contribution is 14.0. The molecule has 1 aliphatic heterocycles. The van der Waals surface area contributed by atoms with Crippen molar-refractivity contribution in [3.63, 3.8) is 0 Å². The Labute approximate surface area is 160 Å². The van der Waals surface area contributed by atoms with Gasteiger partial charge in [-0.2, -0.15) is 0 Å². The third kappa shape index (κ3) is 6.50. The molecule has 2 rings (SSSR count). The minimum atomic E-state index is -0.475. The van der Waals surface area contributed by atoms with Crippen molar-refractivity contribution in [1.29, 1.82) is 0 Å². The second-order valence-corrected chi connectivity index (χ2v) is 6.45. The fraction of sp³-hybridized carbons (Fsp3) is 0.562. The average Bonchev–Trinajstić information content (AvgIpc) is 2.52. The van der Waals surface area contributed by atoms with Crippen molar-refractivity contribution < 1.29 is 9.53 Å². The highest BCUT2D eigenvalue weighted by Crippen LogP contribution is 2.11. The monoisotopic (exact) mass is 447 g/mol. The standard InChI is InChI=1S/C16H25N5O2.HI/c1-16(2,3)23-15(22)21-10-8-20(9-11-21)14(17)19-12-13-6-4-5-7-18-13;/h4-7H,8-12H2,1-3H3,(H2,17,19);1H. The lowest BCUT2D eigenvalue weighted by Gasteiger charge is -2.36. The summed E-state index contributed by atoms with van der Waals surface area (Å²) < 4.78 is 5.38. The molecule has 1 amide bonds. The van der Waals surface area contributed by atoms with E-state index in [1.807, 2.05) is 43.9 Å². The molecule has 1 aliphatic rings. The number of rotatable bonds is 2. The zero-order valence-electron chi connectivity index (χ0n) is 14.4. The van der Waals surface area contributed by atoms with Crippen LogP contribution in [0.2, 0.25) is 0 Å². The Morgan fingerprint density at radius 2 is 1.88 bits per heavy atom. The molecule has 0 radical (unpaired) electrons. The Kier molecular flexibility index (Phi) is 7.71. The zero-order valence-corrected chi connectivity index (χ0v) is 16.8. The molecule has 134 valence electrons. The first kappa shape index (κ1) is 20.5. The number of ether oxygens (including phenoxy) is 1. The van der Waals surface area contributed by atoms with Crippen molar-refractivity contribution in [2.45, 2.75) is 32.9 Å². The van der Waals surface area contributed by atoms with Crippen LogP contribution < -0.4 is 5.73 Å². The molecule has 2 N–H and O–H groups in total. The number of guanidine groups is 1. The van der Waals surface area contributed by atoms with Gasteiger partial charge >= 0.3 is 6.09 Å². The maximum absolute atomic E-state index is 12.0. The SMILES string of the molecule is CC(C)(C)OC(=O)N1CCN(C(N)=NCc2ccccn2)CC1.I. The number of hydrogen-bond donors (Lipinski definition) is 1. The van der Waals surface area contributed by atoms with E-state index in [1.165, 1.54) is 0 Å². The Bertz CT molecular complexity index is 551. The summed E-state index contributed by atoms with van der Waals surface area (Å²) in [5.74, 6) is 0.486. The number of hydrogen-bond acceptors (Lipinski definition) is 4. The normalized spacial score (nSPS) is 15.7. The predicted octanol–water partition coefficient (Wildman–Crippen LogP) is 2.07. The van der Waals surface area contributed by atoms with Gasteiger partial charge < -0.3 is 20.3 Å². The van der Waals surface area contributed by atoms with Crippen LogP contribution in [0.25, 0.3) is 0 Å². The second-order valence-electron chi connectivity index (χ2n) is 6.45. The lowest BCUT2D eigenvalue weighted by molar-refractivity contribution is 0.0186. The van der Waals surface area contributed by atoms with Crippen LogP contribution in [0, 0.1) is 0 Å². The van der Waals surface area contributed by atoms with Crippen LogP contribution in [0.4, 0.5) is 4.79 Å². The van der Waals surface area contributed by atoms with E-state index in [4.69, 9.17) is 10.5 Å². The van der Waals surface area contributed by atoms with E-state index in [-0.39, 0.29) is 30.1 Å². The lowest BCUT2D eigenvalue weighted by atomic mass is 10.2. The maximum atomic E-state index is 12.0. The molecule has 1 saturated heterocycles. The number of carbonyl (C=O) groups is 1. The fourth-order valence-corrected chi connectivity index (χ4v) is 2.20. The molecule has 0 saturated carbocycles. The van der Waals surface area contributed by atoms with Crippen molar-refractivity contribution in [2.24, 2.45) is 10.7 Å². The molecule has 0 spiro atoms. The molecule has 1 aromatic rings. The van der Waals surface area contributed by atoms with E-state index in [2.05, 4.69) is 9.98 Å². The number of piperazine rings is 1. The number of aromatic nitrogens is 1. The molecule has 0 bridgehead atoms. The van der Waals surface area contributed by atoms with Crippen LogP contribution in [0.1, 0.15) is 26.5 Å². The number of pyridine rings is 1. The molecular weight excluding hydrogens is 421 g/mol.